The summed E-state index contributed by atoms with van der Waals surface area (Å²) in [4.78, 5) is 22.6. The van der Waals surface area contributed by atoms with Crippen LogP contribution in [-0.2, 0) is 4.74 Å². The first-order valence-corrected chi connectivity index (χ1v) is 9.43. The number of amides is 1. The number of carbonyl (C=O) groups is 1. The number of benzene rings is 1. The van der Waals surface area contributed by atoms with Crippen molar-refractivity contribution in [1.29, 1.82) is 0 Å². The molecule has 0 saturated carbocycles. The Morgan fingerprint density at radius 3 is 2.87 bits per heavy atom. The van der Waals surface area contributed by atoms with Crippen LogP contribution in [0.25, 0.3) is 22.3 Å². The second kappa shape index (κ2) is 7.34. The van der Waals surface area contributed by atoms with E-state index >= 15 is 0 Å². The number of nitrogens with zero attached hydrogens (tertiary/aromatic N) is 3. The lowest BCUT2D eigenvalue weighted by Gasteiger charge is -2.36. The lowest BCUT2D eigenvalue weighted by Crippen LogP contribution is -2.43. The molecule has 4 heterocycles. The number of fused-ring (bicyclic) bond motifs is 1. The van der Waals surface area contributed by atoms with E-state index < -0.39 is 17.7 Å². The smallest absolute Gasteiger partial charge is 0.256 e. The van der Waals surface area contributed by atoms with Gasteiger partial charge in [0.1, 0.15) is 5.65 Å². The molecule has 1 saturated heterocycles. The van der Waals surface area contributed by atoms with Crippen LogP contribution in [0, 0.1) is 11.6 Å². The number of nitrogens with one attached hydrogen (secondary N) is 2. The molecule has 152 valence electrons. The zero-order valence-electron chi connectivity index (χ0n) is 15.7. The number of hydrogen-bond donors (Lipinski definition) is 2. The quantitative estimate of drug-likeness (QED) is 0.543. The van der Waals surface area contributed by atoms with E-state index in [0.29, 0.717) is 35.3 Å². The minimum Gasteiger partial charge on any atom is -0.377 e. The lowest BCUT2D eigenvalue weighted by atomic mass is 10.0. The number of ether oxygens (including phenoxy) is 1. The Labute approximate surface area is 169 Å². The normalized spacial score (nSPS) is 16.9. The van der Waals surface area contributed by atoms with Crippen molar-refractivity contribution in [2.45, 2.75) is 6.04 Å². The Morgan fingerprint density at radius 1 is 1.17 bits per heavy atom. The highest BCUT2D eigenvalue weighted by Crippen LogP contribution is 2.29. The molecule has 1 aliphatic heterocycles. The van der Waals surface area contributed by atoms with Gasteiger partial charge in [0, 0.05) is 29.9 Å². The van der Waals surface area contributed by atoms with Crippen molar-refractivity contribution in [3.8, 4) is 11.3 Å². The number of H-pyrrole nitrogens is 2. The van der Waals surface area contributed by atoms with E-state index in [0.717, 1.165) is 23.4 Å². The van der Waals surface area contributed by atoms with Crippen molar-refractivity contribution in [1.82, 2.24) is 25.1 Å². The van der Waals surface area contributed by atoms with Gasteiger partial charge in [-0.2, -0.15) is 5.10 Å². The number of halogens is 2. The van der Waals surface area contributed by atoms with Crippen LogP contribution in [0.5, 0.6) is 0 Å². The van der Waals surface area contributed by atoms with Crippen LogP contribution in [-0.4, -0.2) is 50.7 Å². The second-order valence-corrected chi connectivity index (χ2v) is 7.04. The largest absolute Gasteiger partial charge is 0.377 e. The standard InChI is InChI=1S/C21H17F2N5O2/c22-16-3-1-12(7-17(16)23)19-11-30-6-5-28(19)21(29)15-10-24-20-14(15)2-4-18(27-20)13-8-25-26-9-13/h1-4,7-10,19H,5-6,11H2,(H,24,27)(H,25,26). The number of hydrogen-bond acceptors (Lipinski definition) is 4. The third-order valence-corrected chi connectivity index (χ3v) is 5.28. The molecular weight excluding hydrogens is 392 g/mol. The lowest BCUT2D eigenvalue weighted by molar-refractivity contribution is -0.00269. The molecule has 1 atom stereocenters. The molecular formula is C21H17F2N5O2. The topological polar surface area (TPSA) is 86.9 Å². The third-order valence-electron chi connectivity index (χ3n) is 5.28. The van der Waals surface area contributed by atoms with Crippen molar-refractivity contribution in [3.05, 3.63) is 71.7 Å². The van der Waals surface area contributed by atoms with Gasteiger partial charge in [0.15, 0.2) is 11.6 Å². The molecule has 0 bridgehead atoms. The Morgan fingerprint density at radius 2 is 2.07 bits per heavy atom. The number of carbonyl (C=O) groups excluding carboxylic acids is 1. The summed E-state index contributed by atoms with van der Waals surface area (Å²) >= 11 is 0. The van der Waals surface area contributed by atoms with Crippen LogP contribution in [0.4, 0.5) is 8.78 Å². The van der Waals surface area contributed by atoms with Gasteiger partial charge in [0.05, 0.1) is 36.7 Å². The van der Waals surface area contributed by atoms with E-state index in [1.54, 1.807) is 23.5 Å². The first-order valence-electron chi connectivity index (χ1n) is 9.43. The highest BCUT2D eigenvalue weighted by molar-refractivity contribution is 6.06. The highest BCUT2D eigenvalue weighted by Gasteiger charge is 2.31. The summed E-state index contributed by atoms with van der Waals surface area (Å²) in [6.07, 6.45) is 5.03. The predicted octanol–water partition coefficient (Wildman–Crippen LogP) is 3.44. The number of morpholine rings is 1. The SMILES string of the molecule is O=C(c1c[nH]c2nc(-c3cn[nH]c3)ccc12)N1CCOCC1c1ccc(F)c(F)c1. The summed E-state index contributed by atoms with van der Waals surface area (Å²) in [6.45, 7) is 0.926. The van der Waals surface area contributed by atoms with E-state index in [1.807, 2.05) is 12.1 Å². The molecule has 4 aromatic rings. The zero-order chi connectivity index (χ0) is 20.7. The van der Waals surface area contributed by atoms with E-state index in [-0.39, 0.29) is 12.5 Å². The summed E-state index contributed by atoms with van der Waals surface area (Å²) in [5.41, 5.74) is 3.09. The van der Waals surface area contributed by atoms with Crippen LogP contribution in [0.3, 0.4) is 0 Å². The third kappa shape index (κ3) is 3.13. The Balaban J connectivity index is 1.49. The summed E-state index contributed by atoms with van der Waals surface area (Å²) in [7, 11) is 0. The van der Waals surface area contributed by atoms with Crippen molar-refractivity contribution >= 4 is 16.9 Å². The molecule has 0 spiro atoms. The number of rotatable bonds is 3. The molecule has 1 amide bonds. The molecule has 5 rings (SSSR count). The summed E-state index contributed by atoms with van der Waals surface area (Å²) in [5.74, 6) is -2.10. The fourth-order valence-corrected chi connectivity index (χ4v) is 3.73. The predicted molar refractivity (Wildman–Crippen MR) is 105 cm³/mol. The van der Waals surface area contributed by atoms with Gasteiger partial charge in [0.2, 0.25) is 0 Å². The number of aromatic amines is 2. The monoisotopic (exact) mass is 409 g/mol. The van der Waals surface area contributed by atoms with Crippen molar-refractivity contribution in [3.63, 3.8) is 0 Å². The maximum absolute atomic E-state index is 13.8. The Kier molecular flexibility index (Phi) is 4.51. The molecule has 0 aliphatic carbocycles. The second-order valence-electron chi connectivity index (χ2n) is 7.04. The molecule has 3 aromatic heterocycles. The molecule has 1 unspecified atom stereocenters. The zero-order valence-corrected chi connectivity index (χ0v) is 15.7. The van der Waals surface area contributed by atoms with Crippen LogP contribution >= 0.6 is 0 Å². The first-order chi connectivity index (χ1) is 14.6. The number of aromatic nitrogens is 4. The van der Waals surface area contributed by atoms with E-state index in [4.69, 9.17) is 4.74 Å². The Hall–Kier alpha value is -3.59. The molecule has 1 aliphatic rings. The Bertz CT molecular complexity index is 1220. The van der Waals surface area contributed by atoms with Gasteiger partial charge in [0.25, 0.3) is 5.91 Å². The first kappa shape index (κ1) is 18.4. The highest BCUT2D eigenvalue weighted by atomic mass is 19.2. The fraction of sp³-hybridized carbons (Fsp3) is 0.190. The summed E-state index contributed by atoms with van der Waals surface area (Å²) in [6, 6.07) is 6.80. The minimum absolute atomic E-state index is 0.210. The van der Waals surface area contributed by atoms with E-state index in [9.17, 15) is 13.6 Å². The molecule has 9 heteroatoms. The van der Waals surface area contributed by atoms with Crippen molar-refractivity contribution < 1.29 is 18.3 Å². The van der Waals surface area contributed by atoms with Gasteiger partial charge in [-0.3, -0.25) is 9.89 Å². The molecule has 0 radical (unpaired) electrons. The van der Waals surface area contributed by atoms with Gasteiger partial charge in [-0.1, -0.05) is 6.07 Å². The van der Waals surface area contributed by atoms with Gasteiger partial charge in [-0.25, -0.2) is 13.8 Å². The van der Waals surface area contributed by atoms with Gasteiger partial charge in [-0.05, 0) is 29.8 Å². The van der Waals surface area contributed by atoms with Crippen LogP contribution < -0.4 is 0 Å². The molecule has 2 N–H and O–H groups in total. The molecule has 7 nitrogen and oxygen atoms in total. The van der Waals surface area contributed by atoms with Crippen molar-refractivity contribution in [2.24, 2.45) is 0 Å². The summed E-state index contributed by atoms with van der Waals surface area (Å²) in [5, 5.41) is 7.35. The fourth-order valence-electron chi connectivity index (χ4n) is 3.73. The van der Waals surface area contributed by atoms with Crippen LogP contribution in [0.2, 0.25) is 0 Å². The van der Waals surface area contributed by atoms with Gasteiger partial charge < -0.3 is 14.6 Å². The summed E-state index contributed by atoms with van der Waals surface area (Å²) < 4.78 is 32.6. The van der Waals surface area contributed by atoms with Gasteiger partial charge in [-0.15, -0.1) is 0 Å². The van der Waals surface area contributed by atoms with Crippen LogP contribution in [0.1, 0.15) is 22.0 Å². The van der Waals surface area contributed by atoms with E-state index in [1.165, 1.54) is 6.07 Å². The van der Waals surface area contributed by atoms with Crippen molar-refractivity contribution in [2.75, 3.05) is 19.8 Å². The maximum Gasteiger partial charge on any atom is 0.256 e. The minimum atomic E-state index is -0.950. The maximum atomic E-state index is 13.8. The number of pyridine rings is 1. The molecule has 30 heavy (non-hydrogen) atoms. The molecule has 1 fully saturated rings. The average molecular weight is 409 g/mol. The average Bonchev–Trinajstić information content (AvgIpc) is 3.45. The van der Waals surface area contributed by atoms with Crippen LogP contribution in [0.15, 0.2) is 48.9 Å². The van der Waals surface area contributed by atoms with E-state index in [2.05, 4.69) is 20.2 Å². The molecule has 1 aromatic carbocycles. The van der Waals surface area contributed by atoms with Gasteiger partial charge >= 0.3 is 0 Å².